The zero-order chi connectivity index (χ0) is 24.0. The molecule has 1 aliphatic heterocycles. The van der Waals surface area contributed by atoms with Crippen LogP contribution in [0.4, 0.5) is 11.5 Å². The second-order valence-corrected chi connectivity index (χ2v) is 7.95. The van der Waals surface area contributed by atoms with E-state index in [4.69, 9.17) is 10.5 Å². The van der Waals surface area contributed by atoms with Crippen LogP contribution in [0.2, 0.25) is 0 Å². The molecule has 1 fully saturated rings. The maximum Gasteiger partial charge on any atom is 0.325 e. The maximum absolute atomic E-state index is 12.8. The lowest BCUT2D eigenvalue weighted by Gasteiger charge is -2.38. The number of nitrogens with zero attached hydrogens (tertiary/aromatic N) is 5. The quantitative estimate of drug-likeness (QED) is 0.593. The van der Waals surface area contributed by atoms with Gasteiger partial charge in [0, 0.05) is 44.6 Å². The highest BCUT2D eigenvalue weighted by Gasteiger charge is 2.27. The van der Waals surface area contributed by atoms with Crippen LogP contribution in [0.15, 0.2) is 36.7 Å². The summed E-state index contributed by atoms with van der Waals surface area (Å²) in [6.07, 6.45) is 3.04. The number of ether oxygens (including phenoxy) is 1. The van der Waals surface area contributed by atoms with Crippen LogP contribution in [0.1, 0.15) is 41.6 Å². The minimum atomic E-state index is -0.584. The van der Waals surface area contributed by atoms with E-state index < -0.39 is 5.91 Å². The summed E-state index contributed by atoms with van der Waals surface area (Å²) in [4.78, 5) is 50.7. The summed E-state index contributed by atoms with van der Waals surface area (Å²) in [6.45, 7) is 8.44. The normalized spacial score (nSPS) is 13.7. The van der Waals surface area contributed by atoms with Crippen LogP contribution in [-0.2, 0) is 9.53 Å². The minimum absolute atomic E-state index is 0.0645. The smallest absolute Gasteiger partial charge is 0.325 e. The largest absolute Gasteiger partial charge is 0.465 e. The number of rotatable bonds is 8. The monoisotopic (exact) mass is 454 g/mol. The molecule has 1 aliphatic rings. The number of aromatic nitrogens is 2. The van der Waals surface area contributed by atoms with Gasteiger partial charge in [-0.15, -0.1) is 0 Å². The minimum Gasteiger partial charge on any atom is -0.465 e. The molecule has 0 bridgehead atoms. The van der Waals surface area contributed by atoms with Crippen molar-refractivity contribution in [2.24, 2.45) is 5.73 Å². The lowest BCUT2D eigenvalue weighted by Crippen LogP contribution is -2.49. The highest BCUT2D eigenvalue weighted by Crippen LogP contribution is 2.29. The second kappa shape index (κ2) is 10.8. The van der Waals surface area contributed by atoms with Crippen molar-refractivity contribution in [1.29, 1.82) is 0 Å². The van der Waals surface area contributed by atoms with Crippen LogP contribution in [0.3, 0.4) is 0 Å². The van der Waals surface area contributed by atoms with Crippen molar-refractivity contribution in [3.63, 3.8) is 0 Å². The first kappa shape index (κ1) is 24.0. The molecule has 2 amide bonds. The van der Waals surface area contributed by atoms with Crippen LogP contribution in [0.25, 0.3) is 0 Å². The summed E-state index contributed by atoms with van der Waals surface area (Å²) in [5.74, 6) is -0.296. The lowest BCUT2D eigenvalue weighted by molar-refractivity contribution is -0.141. The van der Waals surface area contributed by atoms with E-state index in [1.165, 1.54) is 18.3 Å². The zero-order valence-electron chi connectivity index (χ0n) is 19.2. The van der Waals surface area contributed by atoms with E-state index in [0.717, 1.165) is 11.5 Å². The molecule has 0 spiro atoms. The van der Waals surface area contributed by atoms with E-state index in [-0.39, 0.29) is 35.7 Å². The summed E-state index contributed by atoms with van der Waals surface area (Å²) in [5, 5.41) is 0. The van der Waals surface area contributed by atoms with E-state index in [1.54, 1.807) is 18.0 Å². The Kier molecular flexibility index (Phi) is 7.81. The Morgan fingerprint density at radius 3 is 2.42 bits per heavy atom. The average Bonchev–Trinajstić information content (AvgIpc) is 2.82. The topological polar surface area (TPSA) is 122 Å². The van der Waals surface area contributed by atoms with Gasteiger partial charge < -0.3 is 25.2 Å². The van der Waals surface area contributed by atoms with Gasteiger partial charge in [0.2, 0.25) is 5.91 Å². The van der Waals surface area contributed by atoms with Crippen molar-refractivity contribution in [2.75, 3.05) is 49.1 Å². The van der Waals surface area contributed by atoms with Crippen molar-refractivity contribution in [1.82, 2.24) is 14.9 Å². The molecule has 3 rings (SSSR count). The number of carbonyl (C=O) groups is 3. The summed E-state index contributed by atoms with van der Waals surface area (Å²) in [7, 11) is 0. The molecule has 0 aliphatic carbocycles. The van der Waals surface area contributed by atoms with Gasteiger partial charge in [-0.1, -0.05) is 0 Å². The van der Waals surface area contributed by atoms with Crippen LogP contribution in [-0.4, -0.2) is 78.0 Å². The van der Waals surface area contributed by atoms with E-state index in [2.05, 4.69) is 14.9 Å². The molecule has 10 nitrogen and oxygen atoms in total. The molecular weight excluding hydrogens is 424 g/mol. The fourth-order valence-electron chi connectivity index (χ4n) is 3.70. The Hall–Kier alpha value is -3.69. The number of piperazine rings is 1. The van der Waals surface area contributed by atoms with Crippen LogP contribution < -0.4 is 15.5 Å². The van der Waals surface area contributed by atoms with E-state index in [9.17, 15) is 14.4 Å². The van der Waals surface area contributed by atoms with Gasteiger partial charge in [0.15, 0.2) is 5.82 Å². The van der Waals surface area contributed by atoms with Crippen molar-refractivity contribution < 1.29 is 19.1 Å². The molecule has 3 heterocycles. The predicted molar refractivity (Wildman–Crippen MR) is 124 cm³/mol. The first-order valence-electron chi connectivity index (χ1n) is 11.0. The predicted octanol–water partition coefficient (Wildman–Crippen LogP) is 1.32. The van der Waals surface area contributed by atoms with Gasteiger partial charge in [-0.3, -0.25) is 19.4 Å². The number of pyridine rings is 2. The van der Waals surface area contributed by atoms with Crippen molar-refractivity contribution in [3.8, 4) is 0 Å². The number of carbonyl (C=O) groups excluding carboxylic acids is 3. The molecule has 0 atom stereocenters. The fraction of sp³-hybridized carbons (Fsp3) is 0.435. The van der Waals surface area contributed by atoms with E-state index in [1.807, 2.05) is 30.9 Å². The Labute approximate surface area is 193 Å². The van der Waals surface area contributed by atoms with Gasteiger partial charge in [0.25, 0.3) is 5.91 Å². The van der Waals surface area contributed by atoms with Crippen molar-refractivity contribution in [3.05, 3.63) is 47.9 Å². The number of primary amides is 1. The molecular formula is C23H30N6O4. The molecule has 10 heteroatoms. The van der Waals surface area contributed by atoms with E-state index >= 15 is 0 Å². The zero-order valence-corrected chi connectivity index (χ0v) is 19.2. The van der Waals surface area contributed by atoms with Crippen molar-refractivity contribution >= 4 is 29.3 Å². The number of hydrogen-bond acceptors (Lipinski definition) is 8. The number of hydrogen-bond donors (Lipinski definition) is 1. The standard InChI is InChI=1S/C23H30N6O4/c1-4-33-20(30)15-29(16(2)3)19-6-5-9-25-22(19)27-10-12-28(13-11-27)23(32)18-8-7-17(14-26-18)21(24)31/h5-9,14,16H,4,10-13,15H2,1-3H3,(H2,24,31). The summed E-state index contributed by atoms with van der Waals surface area (Å²) < 4.78 is 5.14. The summed E-state index contributed by atoms with van der Waals surface area (Å²) in [5.41, 5.74) is 6.61. The van der Waals surface area contributed by atoms with Gasteiger partial charge in [-0.2, -0.15) is 0 Å². The van der Waals surface area contributed by atoms with Gasteiger partial charge in [-0.05, 0) is 45.0 Å². The molecule has 1 saturated heterocycles. The third-order valence-corrected chi connectivity index (χ3v) is 5.44. The van der Waals surface area contributed by atoms with Crippen LogP contribution >= 0.6 is 0 Å². The highest BCUT2D eigenvalue weighted by molar-refractivity contribution is 5.95. The molecule has 0 saturated carbocycles. The Balaban J connectivity index is 1.71. The van der Waals surface area contributed by atoms with Crippen LogP contribution in [0.5, 0.6) is 0 Å². The van der Waals surface area contributed by atoms with E-state index in [0.29, 0.717) is 32.8 Å². The Morgan fingerprint density at radius 2 is 1.85 bits per heavy atom. The number of amides is 2. The molecule has 33 heavy (non-hydrogen) atoms. The molecule has 2 aromatic heterocycles. The Bertz CT molecular complexity index is 987. The SMILES string of the molecule is CCOC(=O)CN(c1cccnc1N1CCN(C(=O)c2ccc(C(N)=O)cn2)CC1)C(C)C. The first-order valence-corrected chi connectivity index (χ1v) is 11.0. The second-order valence-electron chi connectivity index (χ2n) is 7.95. The molecule has 0 radical (unpaired) electrons. The third-order valence-electron chi connectivity index (χ3n) is 5.44. The summed E-state index contributed by atoms with van der Waals surface area (Å²) >= 11 is 0. The van der Waals surface area contributed by atoms with Gasteiger partial charge in [0.05, 0.1) is 17.9 Å². The maximum atomic E-state index is 12.8. The lowest BCUT2D eigenvalue weighted by atomic mass is 10.2. The number of nitrogens with two attached hydrogens (primary N) is 1. The fourth-order valence-corrected chi connectivity index (χ4v) is 3.70. The molecule has 0 aromatic carbocycles. The summed E-state index contributed by atoms with van der Waals surface area (Å²) in [6, 6.07) is 6.88. The van der Waals surface area contributed by atoms with Gasteiger partial charge in [-0.25, -0.2) is 4.98 Å². The van der Waals surface area contributed by atoms with Gasteiger partial charge in [0.1, 0.15) is 12.2 Å². The first-order chi connectivity index (χ1) is 15.8. The Morgan fingerprint density at radius 1 is 1.12 bits per heavy atom. The number of anilines is 2. The third kappa shape index (κ3) is 5.76. The molecule has 176 valence electrons. The highest BCUT2D eigenvalue weighted by atomic mass is 16.5. The van der Waals surface area contributed by atoms with Crippen LogP contribution in [0, 0.1) is 0 Å². The average molecular weight is 455 g/mol. The number of esters is 1. The van der Waals surface area contributed by atoms with Gasteiger partial charge >= 0.3 is 5.97 Å². The molecule has 0 unspecified atom stereocenters. The molecule has 2 aromatic rings. The molecule has 2 N–H and O–H groups in total. The van der Waals surface area contributed by atoms with Crippen molar-refractivity contribution in [2.45, 2.75) is 26.8 Å².